The van der Waals surface area contributed by atoms with Crippen molar-refractivity contribution in [3.63, 3.8) is 0 Å². The van der Waals surface area contributed by atoms with Gasteiger partial charge < -0.3 is 20.1 Å². The fourth-order valence-corrected chi connectivity index (χ4v) is 4.02. The zero-order valence-electron chi connectivity index (χ0n) is 16.8. The number of nitrogens with zero attached hydrogens (tertiary/aromatic N) is 1. The molecule has 0 amide bonds. The lowest BCUT2D eigenvalue weighted by atomic mass is 9.86. The third-order valence-electron chi connectivity index (χ3n) is 4.93. The van der Waals surface area contributed by atoms with Crippen molar-refractivity contribution in [2.45, 2.75) is 32.6 Å². The second-order valence-electron chi connectivity index (χ2n) is 7.09. The molecular formula is C19H31IN4O4S. The van der Waals surface area contributed by atoms with Crippen molar-refractivity contribution in [1.82, 2.24) is 15.4 Å². The number of ether oxygens (including phenoxy) is 2. The van der Waals surface area contributed by atoms with Crippen LogP contribution in [-0.2, 0) is 16.4 Å². The number of halogens is 1. The van der Waals surface area contributed by atoms with Crippen LogP contribution in [0.1, 0.15) is 31.7 Å². The largest absolute Gasteiger partial charge is 0.454 e. The van der Waals surface area contributed by atoms with E-state index in [1.807, 2.05) is 25.1 Å². The van der Waals surface area contributed by atoms with Gasteiger partial charge in [0.15, 0.2) is 17.5 Å². The summed E-state index contributed by atoms with van der Waals surface area (Å²) >= 11 is 0. The van der Waals surface area contributed by atoms with Crippen LogP contribution >= 0.6 is 24.0 Å². The molecular weight excluding hydrogens is 507 g/mol. The molecule has 1 saturated carbocycles. The number of hydrogen-bond acceptors (Lipinski definition) is 5. The van der Waals surface area contributed by atoms with E-state index in [1.165, 1.54) is 6.42 Å². The molecule has 164 valence electrons. The third kappa shape index (κ3) is 7.82. The van der Waals surface area contributed by atoms with Crippen LogP contribution in [0.2, 0.25) is 0 Å². The van der Waals surface area contributed by atoms with Crippen LogP contribution in [0.15, 0.2) is 23.2 Å². The van der Waals surface area contributed by atoms with Crippen molar-refractivity contribution in [3.8, 4) is 11.5 Å². The van der Waals surface area contributed by atoms with Crippen molar-refractivity contribution < 1.29 is 17.9 Å². The van der Waals surface area contributed by atoms with Gasteiger partial charge in [0.2, 0.25) is 16.8 Å². The number of rotatable bonds is 10. The Hall–Kier alpha value is -1.27. The smallest absolute Gasteiger partial charge is 0.231 e. The van der Waals surface area contributed by atoms with E-state index in [9.17, 15) is 8.42 Å². The van der Waals surface area contributed by atoms with Crippen LogP contribution < -0.4 is 24.8 Å². The summed E-state index contributed by atoms with van der Waals surface area (Å²) in [6.07, 6.45) is 4.25. The molecule has 0 unspecified atom stereocenters. The molecule has 0 spiro atoms. The molecule has 29 heavy (non-hydrogen) atoms. The minimum atomic E-state index is -3.27. The van der Waals surface area contributed by atoms with E-state index in [4.69, 9.17) is 9.47 Å². The average molecular weight is 538 g/mol. The maximum Gasteiger partial charge on any atom is 0.231 e. The Bertz CT molecular complexity index is 784. The van der Waals surface area contributed by atoms with Gasteiger partial charge in [-0.15, -0.1) is 24.0 Å². The van der Waals surface area contributed by atoms with E-state index < -0.39 is 10.0 Å². The number of sulfonamides is 1. The summed E-state index contributed by atoms with van der Waals surface area (Å²) in [7, 11) is -3.27. The zero-order chi connectivity index (χ0) is 19.8. The van der Waals surface area contributed by atoms with E-state index in [0.29, 0.717) is 31.5 Å². The zero-order valence-corrected chi connectivity index (χ0v) is 19.9. The van der Waals surface area contributed by atoms with E-state index in [2.05, 4.69) is 20.3 Å². The number of fused-ring (bicyclic) bond motifs is 1. The normalized spacial score (nSPS) is 16.1. The maximum absolute atomic E-state index is 12.1. The molecule has 0 saturated heterocycles. The van der Waals surface area contributed by atoms with Crippen molar-refractivity contribution >= 4 is 40.0 Å². The SMILES string of the molecule is CCNC(=NCCS(=O)(=O)NCC1CCC1)NCCc1ccc2c(c1)OCO2.I. The highest BCUT2D eigenvalue weighted by molar-refractivity contribution is 14.0. The highest BCUT2D eigenvalue weighted by atomic mass is 127. The van der Waals surface area contributed by atoms with Crippen LogP contribution in [0, 0.1) is 5.92 Å². The molecule has 0 bridgehead atoms. The second-order valence-corrected chi connectivity index (χ2v) is 9.02. The summed E-state index contributed by atoms with van der Waals surface area (Å²) in [4.78, 5) is 4.38. The minimum absolute atomic E-state index is 0. The Morgan fingerprint density at radius 1 is 1.21 bits per heavy atom. The molecule has 2 aliphatic rings. The molecule has 1 fully saturated rings. The van der Waals surface area contributed by atoms with Gasteiger partial charge in [-0.1, -0.05) is 12.5 Å². The van der Waals surface area contributed by atoms with Crippen LogP contribution in [0.4, 0.5) is 0 Å². The molecule has 0 radical (unpaired) electrons. The lowest BCUT2D eigenvalue weighted by Crippen LogP contribution is -2.39. The molecule has 1 aliphatic carbocycles. The summed E-state index contributed by atoms with van der Waals surface area (Å²) in [5, 5.41) is 6.39. The Labute approximate surface area is 190 Å². The molecule has 10 heteroatoms. The van der Waals surface area contributed by atoms with Crippen LogP contribution in [0.5, 0.6) is 11.5 Å². The van der Waals surface area contributed by atoms with E-state index in [0.717, 1.165) is 36.3 Å². The monoisotopic (exact) mass is 538 g/mol. The quantitative estimate of drug-likeness (QED) is 0.239. The molecule has 3 rings (SSSR count). The molecule has 8 nitrogen and oxygen atoms in total. The summed E-state index contributed by atoms with van der Waals surface area (Å²) in [6, 6.07) is 5.91. The summed E-state index contributed by atoms with van der Waals surface area (Å²) < 4.78 is 37.5. The fraction of sp³-hybridized carbons (Fsp3) is 0.632. The third-order valence-corrected chi connectivity index (χ3v) is 6.26. The fourth-order valence-electron chi connectivity index (χ4n) is 3.05. The number of hydrogen-bond donors (Lipinski definition) is 3. The van der Waals surface area contributed by atoms with E-state index >= 15 is 0 Å². The van der Waals surface area contributed by atoms with Crippen molar-refractivity contribution in [3.05, 3.63) is 23.8 Å². The number of guanidine groups is 1. The van der Waals surface area contributed by atoms with Gasteiger partial charge in [-0.2, -0.15) is 0 Å². The standard InChI is InChI=1S/C19H30N4O4S.HI/c1-2-20-19(22-10-11-28(24,25)23-13-16-4-3-5-16)21-9-8-15-6-7-17-18(12-15)27-14-26-17;/h6-7,12,16,23H,2-5,8-11,13-14H2,1H3,(H2,20,21,22);1H. The van der Waals surface area contributed by atoms with Gasteiger partial charge in [0.25, 0.3) is 0 Å². The number of benzene rings is 1. The van der Waals surface area contributed by atoms with Gasteiger partial charge in [-0.3, -0.25) is 4.99 Å². The molecule has 1 aliphatic heterocycles. The average Bonchev–Trinajstić information content (AvgIpc) is 3.08. The first-order chi connectivity index (χ1) is 13.6. The lowest BCUT2D eigenvalue weighted by Gasteiger charge is -2.25. The number of aliphatic imine (C=N–C) groups is 1. The first kappa shape index (κ1) is 24.0. The first-order valence-corrected chi connectivity index (χ1v) is 11.6. The predicted octanol–water partition coefficient (Wildman–Crippen LogP) is 1.85. The van der Waals surface area contributed by atoms with Crippen molar-refractivity contribution in [2.24, 2.45) is 10.9 Å². The maximum atomic E-state index is 12.1. The molecule has 0 atom stereocenters. The summed E-state index contributed by atoms with van der Waals surface area (Å²) in [5.74, 6) is 2.68. The Kier molecular flexibility index (Phi) is 9.76. The molecule has 1 aromatic rings. The number of nitrogens with one attached hydrogen (secondary N) is 3. The van der Waals surface area contributed by atoms with Gasteiger partial charge in [0.1, 0.15) is 0 Å². The topological polar surface area (TPSA) is 101 Å². The summed E-state index contributed by atoms with van der Waals surface area (Å²) in [5.41, 5.74) is 1.13. The van der Waals surface area contributed by atoms with Crippen molar-refractivity contribution in [1.29, 1.82) is 0 Å². The van der Waals surface area contributed by atoms with E-state index in [-0.39, 0.29) is 43.1 Å². The molecule has 3 N–H and O–H groups in total. The van der Waals surface area contributed by atoms with Gasteiger partial charge in [-0.25, -0.2) is 13.1 Å². The van der Waals surface area contributed by atoms with Gasteiger partial charge in [0.05, 0.1) is 12.3 Å². The minimum Gasteiger partial charge on any atom is -0.454 e. The second kappa shape index (κ2) is 11.8. The van der Waals surface area contributed by atoms with Gasteiger partial charge in [-0.05, 0) is 49.8 Å². The van der Waals surface area contributed by atoms with Crippen LogP contribution in [0.3, 0.4) is 0 Å². The lowest BCUT2D eigenvalue weighted by molar-refractivity contribution is 0.174. The van der Waals surface area contributed by atoms with Gasteiger partial charge in [0, 0.05) is 19.6 Å². The Balaban J connectivity index is 0.00000300. The Morgan fingerprint density at radius 2 is 2.00 bits per heavy atom. The Morgan fingerprint density at radius 3 is 2.72 bits per heavy atom. The predicted molar refractivity (Wildman–Crippen MR) is 125 cm³/mol. The van der Waals surface area contributed by atoms with Crippen molar-refractivity contribution in [2.75, 3.05) is 38.7 Å². The van der Waals surface area contributed by atoms with Crippen LogP contribution in [-0.4, -0.2) is 53.1 Å². The van der Waals surface area contributed by atoms with Crippen LogP contribution in [0.25, 0.3) is 0 Å². The first-order valence-electron chi connectivity index (χ1n) is 9.94. The van der Waals surface area contributed by atoms with E-state index in [1.54, 1.807) is 0 Å². The molecule has 0 aromatic heterocycles. The molecule has 1 aromatic carbocycles. The highest BCUT2D eigenvalue weighted by Gasteiger charge is 2.20. The summed E-state index contributed by atoms with van der Waals surface area (Å²) in [6.45, 7) is 4.42. The molecule has 1 heterocycles. The van der Waals surface area contributed by atoms with Gasteiger partial charge >= 0.3 is 0 Å². The highest BCUT2D eigenvalue weighted by Crippen LogP contribution is 2.32.